The van der Waals surface area contributed by atoms with Crippen LogP contribution in [0.15, 0.2) is 59.0 Å². The summed E-state index contributed by atoms with van der Waals surface area (Å²) in [6.07, 6.45) is 0. The fourth-order valence-corrected chi connectivity index (χ4v) is 2.46. The van der Waals surface area contributed by atoms with Gasteiger partial charge in [-0.05, 0) is 43.3 Å². The van der Waals surface area contributed by atoms with E-state index in [1.54, 1.807) is 19.1 Å². The van der Waals surface area contributed by atoms with Crippen LogP contribution in [0.5, 0.6) is 0 Å². The minimum Gasteiger partial charge on any atom is -0.451 e. The van der Waals surface area contributed by atoms with E-state index < -0.39 is 30.2 Å². The lowest BCUT2D eigenvalue weighted by Crippen LogP contribution is -2.35. The molecule has 0 fully saturated rings. The van der Waals surface area contributed by atoms with Crippen LogP contribution < -0.4 is 10.6 Å². The number of benzene rings is 2. The molecule has 0 bridgehead atoms. The molecule has 2 aromatic carbocycles. The molecule has 1 heterocycles. The summed E-state index contributed by atoms with van der Waals surface area (Å²) in [7, 11) is 0. The van der Waals surface area contributed by atoms with E-state index >= 15 is 0 Å². The molecule has 3 aromatic rings. The Morgan fingerprint density at radius 2 is 1.73 bits per heavy atom. The van der Waals surface area contributed by atoms with Gasteiger partial charge in [-0.3, -0.25) is 9.59 Å². The number of rotatable bonds is 7. The lowest BCUT2D eigenvalue weighted by molar-refractivity contribution is -0.126. The van der Waals surface area contributed by atoms with Gasteiger partial charge in [-0.1, -0.05) is 18.2 Å². The Balaban J connectivity index is 1.46. The Morgan fingerprint density at radius 1 is 1.03 bits per heavy atom. The van der Waals surface area contributed by atoms with Crippen LogP contribution in [0.3, 0.4) is 0 Å². The smallest absolute Gasteiger partial charge is 0.361 e. The molecular weight excluding hydrogens is 393 g/mol. The Labute approximate surface area is 171 Å². The van der Waals surface area contributed by atoms with Crippen LogP contribution in [0.2, 0.25) is 0 Å². The number of halogens is 1. The van der Waals surface area contributed by atoms with E-state index in [1.807, 2.05) is 18.2 Å². The number of amides is 2. The summed E-state index contributed by atoms with van der Waals surface area (Å²) in [6, 6.07) is 14.2. The van der Waals surface area contributed by atoms with Crippen molar-refractivity contribution >= 4 is 23.5 Å². The highest BCUT2D eigenvalue weighted by Crippen LogP contribution is 2.21. The normalized spacial score (nSPS) is 10.3. The van der Waals surface area contributed by atoms with Gasteiger partial charge in [0.1, 0.15) is 11.6 Å². The van der Waals surface area contributed by atoms with E-state index in [0.717, 1.165) is 0 Å². The molecule has 9 heteroatoms. The van der Waals surface area contributed by atoms with E-state index in [1.165, 1.54) is 24.3 Å². The zero-order valence-electron chi connectivity index (χ0n) is 16.0. The monoisotopic (exact) mass is 411 g/mol. The van der Waals surface area contributed by atoms with Crippen molar-refractivity contribution in [2.45, 2.75) is 6.92 Å². The molecule has 2 N–H and O–H groups in total. The third-order valence-electron chi connectivity index (χ3n) is 3.92. The number of ether oxygens (including phenoxy) is 1. The maximum absolute atomic E-state index is 12.8. The number of hydrogen-bond acceptors (Lipinski definition) is 6. The highest BCUT2D eigenvalue weighted by molar-refractivity contribution is 5.95. The number of esters is 1. The van der Waals surface area contributed by atoms with Crippen LogP contribution in [0.1, 0.15) is 16.2 Å². The van der Waals surface area contributed by atoms with Crippen LogP contribution in [0, 0.1) is 12.7 Å². The molecule has 0 radical (unpaired) electrons. The number of oxazole rings is 1. The second-order valence-corrected chi connectivity index (χ2v) is 6.20. The standard InChI is InChI=1S/C21H18FN3O5/c1-13-19(25-20(30-13)14-5-3-2-4-6-14)21(28)29-12-18(27)23-11-17(26)24-16-9-7-15(22)8-10-16/h2-10H,11-12H2,1H3,(H,23,27)(H,24,26). The van der Waals surface area contributed by atoms with Gasteiger partial charge in [0.2, 0.25) is 11.8 Å². The van der Waals surface area contributed by atoms with Gasteiger partial charge in [0, 0.05) is 11.3 Å². The van der Waals surface area contributed by atoms with Crippen molar-refractivity contribution < 1.29 is 27.9 Å². The first-order valence-electron chi connectivity index (χ1n) is 8.94. The SMILES string of the molecule is Cc1oc(-c2ccccc2)nc1C(=O)OCC(=O)NCC(=O)Nc1ccc(F)cc1. The van der Waals surface area contributed by atoms with E-state index in [4.69, 9.17) is 9.15 Å². The molecule has 0 aliphatic heterocycles. The Bertz CT molecular complexity index is 1050. The van der Waals surface area contributed by atoms with Gasteiger partial charge >= 0.3 is 5.97 Å². The zero-order chi connectivity index (χ0) is 21.5. The number of carbonyl (C=O) groups excluding carboxylic acids is 3. The molecule has 0 saturated carbocycles. The molecule has 0 aliphatic carbocycles. The molecule has 30 heavy (non-hydrogen) atoms. The second kappa shape index (κ2) is 9.46. The summed E-state index contributed by atoms with van der Waals surface area (Å²) in [5.41, 5.74) is 1.05. The van der Waals surface area contributed by atoms with Crippen molar-refractivity contribution in [2.24, 2.45) is 0 Å². The molecule has 8 nitrogen and oxygen atoms in total. The quantitative estimate of drug-likeness (QED) is 0.579. The van der Waals surface area contributed by atoms with Gasteiger partial charge in [0.15, 0.2) is 12.3 Å². The Morgan fingerprint density at radius 3 is 2.43 bits per heavy atom. The van der Waals surface area contributed by atoms with E-state index in [0.29, 0.717) is 11.3 Å². The van der Waals surface area contributed by atoms with Gasteiger partial charge in [-0.15, -0.1) is 0 Å². The lowest BCUT2D eigenvalue weighted by atomic mass is 10.2. The summed E-state index contributed by atoms with van der Waals surface area (Å²) in [5, 5.41) is 4.81. The maximum atomic E-state index is 12.8. The van der Waals surface area contributed by atoms with E-state index in [9.17, 15) is 18.8 Å². The molecule has 0 unspecified atom stereocenters. The predicted octanol–water partition coefficient (Wildman–Crippen LogP) is 2.70. The molecule has 1 aromatic heterocycles. The molecule has 0 aliphatic rings. The van der Waals surface area contributed by atoms with Gasteiger partial charge in [0.05, 0.1) is 6.54 Å². The first-order valence-corrected chi connectivity index (χ1v) is 8.94. The van der Waals surface area contributed by atoms with Crippen molar-refractivity contribution in [1.29, 1.82) is 0 Å². The summed E-state index contributed by atoms with van der Waals surface area (Å²) in [6.45, 7) is 0.639. The molecule has 2 amide bonds. The number of anilines is 1. The summed E-state index contributed by atoms with van der Waals surface area (Å²) in [4.78, 5) is 39.9. The third-order valence-corrected chi connectivity index (χ3v) is 3.92. The fraction of sp³-hybridized carbons (Fsp3) is 0.143. The first kappa shape index (κ1) is 20.7. The number of hydrogen-bond donors (Lipinski definition) is 2. The number of carbonyl (C=O) groups is 3. The minimum absolute atomic E-state index is 0.0318. The fourth-order valence-electron chi connectivity index (χ4n) is 2.46. The Kier molecular flexibility index (Phi) is 6.53. The second-order valence-electron chi connectivity index (χ2n) is 6.20. The minimum atomic E-state index is -0.815. The average Bonchev–Trinajstić information content (AvgIpc) is 3.14. The van der Waals surface area contributed by atoms with Crippen molar-refractivity contribution in [1.82, 2.24) is 10.3 Å². The topological polar surface area (TPSA) is 111 Å². The van der Waals surface area contributed by atoms with Gasteiger partial charge < -0.3 is 19.8 Å². The highest BCUT2D eigenvalue weighted by Gasteiger charge is 2.20. The lowest BCUT2D eigenvalue weighted by Gasteiger charge is -2.07. The average molecular weight is 411 g/mol. The summed E-state index contributed by atoms with van der Waals surface area (Å²) in [5.74, 6) is -1.89. The van der Waals surface area contributed by atoms with Gasteiger partial charge in [0.25, 0.3) is 5.91 Å². The van der Waals surface area contributed by atoms with Gasteiger partial charge in [-0.25, -0.2) is 14.2 Å². The third kappa shape index (κ3) is 5.51. The maximum Gasteiger partial charge on any atom is 0.361 e. The van der Waals surface area contributed by atoms with E-state index in [-0.39, 0.29) is 23.9 Å². The van der Waals surface area contributed by atoms with Gasteiger partial charge in [-0.2, -0.15) is 0 Å². The van der Waals surface area contributed by atoms with E-state index in [2.05, 4.69) is 15.6 Å². The van der Waals surface area contributed by atoms with Crippen molar-refractivity contribution in [2.75, 3.05) is 18.5 Å². The molecule has 0 saturated heterocycles. The first-order chi connectivity index (χ1) is 14.4. The van der Waals surface area contributed by atoms with Crippen molar-refractivity contribution in [3.05, 3.63) is 71.9 Å². The number of aryl methyl sites for hydroxylation is 1. The van der Waals surface area contributed by atoms with Crippen LogP contribution in [0.25, 0.3) is 11.5 Å². The molecule has 0 spiro atoms. The number of nitrogens with zero attached hydrogens (tertiary/aromatic N) is 1. The molecule has 3 rings (SSSR count). The molecule has 154 valence electrons. The van der Waals surface area contributed by atoms with Crippen molar-refractivity contribution in [3.8, 4) is 11.5 Å². The summed E-state index contributed by atoms with van der Waals surface area (Å²) < 4.78 is 23.3. The van der Waals surface area contributed by atoms with Crippen LogP contribution in [0.4, 0.5) is 10.1 Å². The Hall–Kier alpha value is -4.01. The predicted molar refractivity (Wildman–Crippen MR) is 105 cm³/mol. The largest absolute Gasteiger partial charge is 0.451 e. The van der Waals surface area contributed by atoms with Crippen molar-refractivity contribution in [3.63, 3.8) is 0 Å². The summed E-state index contributed by atoms with van der Waals surface area (Å²) >= 11 is 0. The number of aromatic nitrogens is 1. The molecule has 0 atom stereocenters. The number of nitrogens with one attached hydrogen (secondary N) is 2. The molecular formula is C21H18FN3O5. The zero-order valence-corrected chi connectivity index (χ0v) is 16.0. The van der Waals surface area contributed by atoms with Crippen LogP contribution >= 0.6 is 0 Å². The van der Waals surface area contributed by atoms with Crippen LogP contribution in [-0.2, 0) is 14.3 Å². The van der Waals surface area contributed by atoms with Crippen LogP contribution in [-0.4, -0.2) is 35.9 Å². The highest BCUT2D eigenvalue weighted by atomic mass is 19.1.